The zero-order valence-corrected chi connectivity index (χ0v) is 35.5. The van der Waals surface area contributed by atoms with Gasteiger partial charge in [0.25, 0.3) is 5.91 Å². The first-order chi connectivity index (χ1) is 26.2. The fraction of sp³-hybridized carbons (Fsp3) is 0.690. The molecule has 308 valence electrons. The summed E-state index contributed by atoms with van der Waals surface area (Å²) in [6, 6.07) is 5.26. The number of likely N-dealkylation sites (tertiary alicyclic amines) is 1. The van der Waals surface area contributed by atoms with Gasteiger partial charge in [0.15, 0.2) is 0 Å². The standard InChI is InChI=1S/C42H67N5O7S/c1-10-20-47(41(51)37(28(6)12-3)45-39(50)34-15-13-14-21-46(34)8)35(27(4)5)25-36(54-22-11-2)40-44-33(26-55-40)38(49)43-31(23-29(7)42(52)53-9)24-30-16-18-32(48)19-17-30/h16-19,26-29,31,34-37,48H,10-15,20-25H2,1-9H3,(H,43,49)(H,45,50)/t28-,29-,31+,34+,35+,36+,37-/m0/s1. The zero-order chi connectivity index (χ0) is 40.7. The third-order valence-corrected chi connectivity index (χ3v) is 11.7. The number of esters is 1. The number of likely N-dealkylation sites (N-methyl/N-ethyl adjacent to an activating group) is 1. The van der Waals surface area contributed by atoms with Gasteiger partial charge in [0.1, 0.15) is 28.6 Å². The first kappa shape index (κ1) is 45.8. The fourth-order valence-electron chi connectivity index (χ4n) is 7.31. The molecule has 2 heterocycles. The van der Waals surface area contributed by atoms with Crippen LogP contribution in [0.1, 0.15) is 127 Å². The van der Waals surface area contributed by atoms with Gasteiger partial charge >= 0.3 is 5.97 Å². The van der Waals surface area contributed by atoms with E-state index in [2.05, 4.69) is 36.3 Å². The zero-order valence-electron chi connectivity index (χ0n) is 34.6. The number of nitrogens with one attached hydrogen (secondary N) is 2. The van der Waals surface area contributed by atoms with E-state index in [0.717, 1.165) is 50.6 Å². The quantitative estimate of drug-likeness (QED) is 0.113. The van der Waals surface area contributed by atoms with E-state index in [1.54, 1.807) is 36.6 Å². The number of thiazole rings is 1. The number of hydrogen-bond donors (Lipinski definition) is 3. The van der Waals surface area contributed by atoms with Gasteiger partial charge in [-0.3, -0.25) is 24.1 Å². The highest BCUT2D eigenvalue weighted by Crippen LogP contribution is 2.32. The molecule has 0 radical (unpaired) electrons. The lowest BCUT2D eigenvalue weighted by atomic mass is 9.92. The molecule has 12 nitrogen and oxygen atoms in total. The van der Waals surface area contributed by atoms with E-state index in [1.807, 2.05) is 32.7 Å². The number of nitrogens with zero attached hydrogens (tertiary/aromatic N) is 3. The predicted molar refractivity (Wildman–Crippen MR) is 217 cm³/mol. The molecule has 0 spiro atoms. The molecule has 1 aliphatic heterocycles. The lowest BCUT2D eigenvalue weighted by molar-refractivity contribution is -0.145. The lowest BCUT2D eigenvalue weighted by Crippen LogP contribution is -2.58. The largest absolute Gasteiger partial charge is 0.508 e. The van der Waals surface area contributed by atoms with Crippen molar-refractivity contribution in [1.82, 2.24) is 25.4 Å². The third kappa shape index (κ3) is 13.6. The Kier molecular flexibility index (Phi) is 19.1. The van der Waals surface area contributed by atoms with Gasteiger partial charge in [-0.1, -0.05) is 73.4 Å². The highest BCUT2D eigenvalue weighted by molar-refractivity contribution is 7.09. The van der Waals surface area contributed by atoms with Gasteiger partial charge in [-0.25, -0.2) is 4.98 Å². The maximum atomic E-state index is 14.6. The SMILES string of the molecule is CCCO[C@H](C[C@H](C(C)C)N(CCC)C(=O)[C@@H](NC(=O)[C@H]1CCCCN1C)[C@@H](C)CC)c1nc(C(=O)N[C@@H](Cc2ccc(O)cc2)C[C@H](C)C(=O)OC)cs1. The Balaban J connectivity index is 1.87. The number of hydrogen-bond acceptors (Lipinski definition) is 10. The summed E-state index contributed by atoms with van der Waals surface area (Å²) < 4.78 is 11.4. The van der Waals surface area contributed by atoms with Gasteiger partial charge in [-0.2, -0.15) is 0 Å². The van der Waals surface area contributed by atoms with Crippen LogP contribution >= 0.6 is 11.3 Å². The summed E-state index contributed by atoms with van der Waals surface area (Å²) in [4.78, 5) is 63.1. The molecule has 13 heteroatoms. The molecule has 0 bridgehead atoms. The van der Waals surface area contributed by atoms with Crippen molar-refractivity contribution >= 4 is 35.0 Å². The van der Waals surface area contributed by atoms with Crippen LogP contribution in [0.5, 0.6) is 5.75 Å². The Morgan fingerprint density at radius 2 is 1.73 bits per heavy atom. The minimum absolute atomic E-state index is 0.0573. The van der Waals surface area contributed by atoms with Gasteiger partial charge < -0.3 is 30.1 Å². The fourth-order valence-corrected chi connectivity index (χ4v) is 8.17. The van der Waals surface area contributed by atoms with Crippen LogP contribution in [-0.4, -0.2) is 102 Å². The number of rotatable bonds is 22. The lowest BCUT2D eigenvalue weighted by Gasteiger charge is -2.40. The molecule has 1 aliphatic rings. The molecule has 55 heavy (non-hydrogen) atoms. The van der Waals surface area contributed by atoms with Gasteiger partial charge in [0, 0.05) is 37.0 Å². The molecule has 0 saturated carbocycles. The smallest absolute Gasteiger partial charge is 0.308 e. The van der Waals surface area contributed by atoms with Gasteiger partial charge in [-0.15, -0.1) is 11.3 Å². The normalized spacial score (nSPS) is 18.1. The highest BCUT2D eigenvalue weighted by atomic mass is 32.1. The van der Waals surface area contributed by atoms with Crippen molar-refractivity contribution in [2.24, 2.45) is 17.8 Å². The minimum Gasteiger partial charge on any atom is -0.508 e. The number of piperidine rings is 1. The number of carbonyl (C=O) groups excluding carboxylic acids is 4. The van der Waals surface area contributed by atoms with E-state index in [4.69, 9.17) is 14.5 Å². The summed E-state index contributed by atoms with van der Waals surface area (Å²) in [5, 5.41) is 18.4. The van der Waals surface area contributed by atoms with E-state index in [-0.39, 0.29) is 59.1 Å². The molecular formula is C42H67N5O7S. The van der Waals surface area contributed by atoms with Crippen LogP contribution in [-0.2, 0) is 30.3 Å². The third-order valence-electron chi connectivity index (χ3n) is 10.8. The minimum atomic E-state index is -0.651. The topological polar surface area (TPSA) is 150 Å². The van der Waals surface area contributed by atoms with E-state index in [9.17, 15) is 24.3 Å². The van der Waals surface area contributed by atoms with Crippen molar-refractivity contribution in [3.63, 3.8) is 0 Å². The number of amides is 3. The van der Waals surface area contributed by atoms with Crippen molar-refractivity contribution in [2.75, 3.05) is 33.9 Å². The summed E-state index contributed by atoms with van der Waals surface area (Å²) in [6.07, 6.45) is 5.94. The van der Waals surface area contributed by atoms with Crippen molar-refractivity contribution < 1.29 is 33.8 Å². The maximum Gasteiger partial charge on any atom is 0.308 e. The number of ether oxygens (including phenoxy) is 2. The highest BCUT2D eigenvalue weighted by Gasteiger charge is 2.38. The Labute approximate surface area is 333 Å². The number of aromatic hydroxyl groups is 1. The van der Waals surface area contributed by atoms with E-state index in [0.29, 0.717) is 37.4 Å². The Bertz CT molecular complexity index is 1500. The Morgan fingerprint density at radius 3 is 2.33 bits per heavy atom. The summed E-state index contributed by atoms with van der Waals surface area (Å²) >= 11 is 1.35. The first-order valence-corrected chi connectivity index (χ1v) is 21.2. The van der Waals surface area contributed by atoms with Gasteiger partial charge in [0.2, 0.25) is 11.8 Å². The summed E-state index contributed by atoms with van der Waals surface area (Å²) in [6.45, 7) is 16.0. The molecule has 7 atom stereocenters. The van der Waals surface area contributed by atoms with Crippen LogP contribution in [0, 0.1) is 17.8 Å². The molecule has 1 aromatic heterocycles. The van der Waals surface area contributed by atoms with Gasteiger partial charge in [-0.05, 0) is 81.6 Å². The van der Waals surface area contributed by atoms with Crippen molar-refractivity contribution in [3.8, 4) is 5.75 Å². The second-order valence-corrected chi connectivity index (χ2v) is 16.5. The first-order valence-electron chi connectivity index (χ1n) is 20.3. The average Bonchev–Trinajstić information content (AvgIpc) is 3.67. The summed E-state index contributed by atoms with van der Waals surface area (Å²) in [7, 11) is 3.33. The number of benzene rings is 1. The maximum absolute atomic E-state index is 14.6. The molecule has 0 unspecified atom stereocenters. The molecule has 1 aromatic carbocycles. The number of phenols is 1. The van der Waals surface area contributed by atoms with Crippen LogP contribution in [0.2, 0.25) is 0 Å². The number of aromatic nitrogens is 1. The van der Waals surface area contributed by atoms with Crippen LogP contribution in [0.25, 0.3) is 0 Å². The molecule has 0 aliphatic carbocycles. The average molecular weight is 786 g/mol. The molecule has 3 N–H and O–H groups in total. The summed E-state index contributed by atoms with van der Waals surface area (Å²) in [5.74, 6) is -1.17. The van der Waals surface area contributed by atoms with Gasteiger partial charge in [0.05, 0.1) is 19.1 Å². The molecule has 3 amide bonds. The van der Waals surface area contributed by atoms with Crippen molar-refractivity contribution in [2.45, 2.75) is 137 Å². The molecule has 3 rings (SSSR count). The van der Waals surface area contributed by atoms with Crippen LogP contribution in [0.3, 0.4) is 0 Å². The number of phenolic OH excluding ortho intramolecular Hbond substituents is 1. The summed E-state index contributed by atoms with van der Waals surface area (Å²) in [5.41, 5.74) is 1.15. The van der Waals surface area contributed by atoms with E-state index < -0.39 is 24.1 Å². The van der Waals surface area contributed by atoms with Crippen molar-refractivity contribution in [1.29, 1.82) is 0 Å². The van der Waals surface area contributed by atoms with E-state index in [1.165, 1.54) is 18.4 Å². The predicted octanol–water partition coefficient (Wildman–Crippen LogP) is 6.53. The van der Waals surface area contributed by atoms with Crippen molar-refractivity contribution in [3.05, 3.63) is 45.9 Å². The Hall–Kier alpha value is -3.55. The second-order valence-electron chi connectivity index (χ2n) is 15.6. The Morgan fingerprint density at radius 1 is 1.02 bits per heavy atom. The molecule has 1 fully saturated rings. The molecule has 1 saturated heterocycles. The van der Waals surface area contributed by atoms with Crippen LogP contribution in [0.4, 0.5) is 0 Å². The molecule has 2 aromatic rings. The number of carbonyl (C=O) groups is 4. The van der Waals surface area contributed by atoms with Crippen LogP contribution < -0.4 is 10.6 Å². The number of methoxy groups -OCH3 is 1. The second kappa shape index (κ2) is 22.9. The molecular weight excluding hydrogens is 719 g/mol. The van der Waals surface area contributed by atoms with E-state index >= 15 is 0 Å². The van der Waals surface area contributed by atoms with Crippen LogP contribution in [0.15, 0.2) is 29.6 Å². The monoisotopic (exact) mass is 785 g/mol.